The monoisotopic (exact) mass is 597 g/mol. The Labute approximate surface area is 242 Å². The molecule has 5 rings (SSSR count). The number of sulfonamides is 1. The molecule has 0 radical (unpaired) electrons. The highest BCUT2D eigenvalue weighted by Crippen LogP contribution is 2.31. The molecule has 3 aromatic carbocycles. The largest absolute Gasteiger partial charge is 0.379 e. The van der Waals surface area contributed by atoms with Crippen molar-refractivity contribution in [1.29, 1.82) is 0 Å². The average molecular weight is 598 g/mol. The lowest BCUT2D eigenvalue weighted by atomic mass is 10.1. The highest BCUT2D eigenvalue weighted by molar-refractivity contribution is 7.99. The lowest BCUT2D eigenvalue weighted by Gasteiger charge is -2.26. The van der Waals surface area contributed by atoms with Crippen LogP contribution in [0.1, 0.15) is 11.1 Å². The molecule has 0 spiro atoms. The summed E-state index contributed by atoms with van der Waals surface area (Å²) in [6, 6.07) is 19.7. The van der Waals surface area contributed by atoms with Crippen LogP contribution in [0.2, 0.25) is 5.02 Å². The summed E-state index contributed by atoms with van der Waals surface area (Å²) in [6.07, 6.45) is 0. The standard InChI is InChI=1S/C28H28ClN5O4S2/c1-19-6-7-20(2)25(16-19)34-27(21-4-3-5-22(29)17-21)31-32-28(34)39-18-26(35)30-23-8-10-24(11-9-23)40(36,37)33-12-14-38-15-13-33/h3-11,16-17H,12-15,18H2,1-2H3,(H,30,35). The smallest absolute Gasteiger partial charge is 0.243 e. The normalized spacial score (nSPS) is 14.3. The van der Waals surface area contributed by atoms with Crippen molar-refractivity contribution in [2.24, 2.45) is 0 Å². The third-order valence-electron chi connectivity index (χ3n) is 6.40. The van der Waals surface area contributed by atoms with E-state index in [0.717, 1.165) is 22.4 Å². The Kier molecular flexibility index (Phi) is 8.57. The zero-order valence-corrected chi connectivity index (χ0v) is 24.4. The zero-order chi connectivity index (χ0) is 28.3. The molecule has 1 saturated heterocycles. The van der Waals surface area contributed by atoms with Crippen molar-refractivity contribution >= 4 is 45.0 Å². The number of nitrogens with zero attached hydrogens (tertiary/aromatic N) is 4. The van der Waals surface area contributed by atoms with E-state index in [-0.39, 0.29) is 16.6 Å². The van der Waals surface area contributed by atoms with Gasteiger partial charge in [-0.05, 0) is 67.4 Å². The van der Waals surface area contributed by atoms with Gasteiger partial charge in [0, 0.05) is 29.4 Å². The van der Waals surface area contributed by atoms with Crippen LogP contribution in [0.25, 0.3) is 17.1 Å². The van der Waals surface area contributed by atoms with E-state index in [4.69, 9.17) is 16.3 Å². The van der Waals surface area contributed by atoms with Crippen molar-refractivity contribution < 1.29 is 17.9 Å². The van der Waals surface area contributed by atoms with Crippen molar-refractivity contribution in [3.8, 4) is 17.1 Å². The summed E-state index contributed by atoms with van der Waals surface area (Å²) >= 11 is 7.51. The predicted octanol–water partition coefficient (Wildman–Crippen LogP) is 4.96. The maximum Gasteiger partial charge on any atom is 0.243 e. The number of amides is 1. The quantitative estimate of drug-likeness (QED) is 0.286. The first-order valence-electron chi connectivity index (χ1n) is 12.6. The number of hydrogen-bond donors (Lipinski definition) is 1. The third-order valence-corrected chi connectivity index (χ3v) is 9.48. The summed E-state index contributed by atoms with van der Waals surface area (Å²) in [5, 5.41) is 12.8. The van der Waals surface area contributed by atoms with Gasteiger partial charge in [0.25, 0.3) is 0 Å². The highest BCUT2D eigenvalue weighted by Gasteiger charge is 2.26. The van der Waals surface area contributed by atoms with Crippen molar-refractivity contribution in [2.75, 3.05) is 37.4 Å². The third kappa shape index (κ3) is 6.24. The zero-order valence-electron chi connectivity index (χ0n) is 22.0. The number of morpholine rings is 1. The highest BCUT2D eigenvalue weighted by atomic mass is 35.5. The molecule has 0 aliphatic carbocycles. The Morgan fingerprint density at radius 1 is 1.02 bits per heavy atom. The van der Waals surface area contributed by atoms with Crippen LogP contribution >= 0.6 is 23.4 Å². The van der Waals surface area contributed by atoms with E-state index in [0.29, 0.717) is 48.0 Å². The van der Waals surface area contributed by atoms with Gasteiger partial charge in [0.1, 0.15) is 0 Å². The fourth-order valence-electron chi connectivity index (χ4n) is 4.33. The number of carbonyl (C=O) groups excluding carboxylic acids is 1. The lowest BCUT2D eigenvalue weighted by molar-refractivity contribution is -0.113. The summed E-state index contributed by atoms with van der Waals surface area (Å²) in [5.74, 6) is 0.441. The summed E-state index contributed by atoms with van der Waals surface area (Å²) in [7, 11) is -3.60. The van der Waals surface area contributed by atoms with Gasteiger partial charge in [-0.15, -0.1) is 10.2 Å². The van der Waals surface area contributed by atoms with E-state index >= 15 is 0 Å². The molecule has 1 N–H and O–H groups in total. The van der Waals surface area contributed by atoms with Crippen LogP contribution in [0, 0.1) is 13.8 Å². The Balaban J connectivity index is 1.33. The van der Waals surface area contributed by atoms with E-state index in [1.165, 1.54) is 28.2 Å². The maximum atomic E-state index is 12.9. The van der Waals surface area contributed by atoms with Crippen molar-refractivity contribution in [2.45, 2.75) is 23.9 Å². The van der Waals surface area contributed by atoms with E-state index in [9.17, 15) is 13.2 Å². The summed E-state index contributed by atoms with van der Waals surface area (Å²) in [6.45, 7) is 5.43. The molecule has 12 heteroatoms. The first-order chi connectivity index (χ1) is 19.2. The van der Waals surface area contributed by atoms with Crippen molar-refractivity contribution in [3.63, 3.8) is 0 Å². The second kappa shape index (κ2) is 12.1. The second-order valence-electron chi connectivity index (χ2n) is 9.32. The predicted molar refractivity (Wildman–Crippen MR) is 157 cm³/mol. The molecular formula is C28H28ClN5O4S2. The number of nitrogens with one attached hydrogen (secondary N) is 1. The number of aryl methyl sites for hydroxylation is 2. The van der Waals surface area contributed by atoms with Gasteiger partial charge in [-0.3, -0.25) is 9.36 Å². The van der Waals surface area contributed by atoms with Crippen LogP contribution in [0.3, 0.4) is 0 Å². The molecule has 0 unspecified atom stereocenters. The van der Waals surface area contributed by atoms with Gasteiger partial charge in [0.2, 0.25) is 15.9 Å². The molecule has 1 aliphatic rings. The van der Waals surface area contributed by atoms with E-state index in [1.54, 1.807) is 18.2 Å². The number of benzene rings is 3. The van der Waals surface area contributed by atoms with E-state index < -0.39 is 10.0 Å². The Hall–Kier alpha value is -3.22. The number of aromatic nitrogens is 3. The minimum absolute atomic E-state index is 0.0758. The summed E-state index contributed by atoms with van der Waals surface area (Å²) < 4.78 is 34.3. The fraction of sp³-hybridized carbons (Fsp3) is 0.250. The van der Waals surface area contributed by atoms with Gasteiger partial charge < -0.3 is 10.1 Å². The molecule has 0 atom stereocenters. The fourth-order valence-corrected chi connectivity index (χ4v) is 6.67. The summed E-state index contributed by atoms with van der Waals surface area (Å²) in [4.78, 5) is 13.0. The molecule has 0 saturated carbocycles. The number of ether oxygens (including phenoxy) is 1. The number of carbonyl (C=O) groups is 1. The molecule has 1 aromatic heterocycles. The molecule has 2 heterocycles. The topological polar surface area (TPSA) is 106 Å². The first kappa shape index (κ1) is 28.3. The van der Waals surface area contributed by atoms with Crippen LogP contribution in [0.15, 0.2) is 76.8 Å². The maximum absolute atomic E-state index is 12.9. The van der Waals surface area contributed by atoms with E-state index in [2.05, 4.69) is 21.6 Å². The van der Waals surface area contributed by atoms with E-state index in [1.807, 2.05) is 48.7 Å². The van der Waals surface area contributed by atoms with Crippen LogP contribution in [0.5, 0.6) is 0 Å². The molecule has 9 nitrogen and oxygen atoms in total. The number of halogens is 1. The molecular weight excluding hydrogens is 570 g/mol. The van der Waals surface area contributed by atoms with Gasteiger partial charge in [0.15, 0.2) is 11.0 Å². The Morgan fingerprint density at radius 2 is 1.77 bits per heavy atom. The second-order valence-corrected chi connectivity index (χ2v) is 12.6. The molecule has 1 aliphatic heterocycles. The van der Waals surface area contributed by atoms with Crippen LogP contribution in [0.4, 0.5) is 5.69 Å². The van der Waals surface area contributed by atoms with Gasteiger partial charge in [-0.2, -0.15) is 4.31 Å². The Bertz CT molecular complexity index is 1630. The molecule has 40 heavy (non-hydrogen) atoms. The molecule has 4 aromatic rings. The Morgan fingerprint density at radius 3 is 2.50 bits per heavy atom. The average Bonchev–Trinajstić information content (AvgIpc) is 3.38. The van der Waals surface area contributed by atoms with Gasteiger partial charge in [-0.25, -0.2) is 8.42 Å². The summed E-state index contributed by atoms with van der Waals surface area (Å²) in [5.41, 5.74) is 4.35. The first-order valence-corrected chi connectivity index (χ1v) is 15.4. The van der Waals surface area contributed by atoms with Crippen LogP contribution in [-0.2, 0) is 19.6 Å². The minimum Gasteiger partial charge on any atom is -0.379 e. The van der Waals surface area contributed by atoms with Crippen molar-refractivity contribution in [3.05, 3.63) is 82.9 Å². The lowest BCUT2D eigenvalue weighted by Crippen LogP contribution is -2.40. The molecule has 208 valence electrons. The molecule has 1 amide bonds. The number of anilines is 1. The number of hydrogen-bond acceptors (Lipinski definition) is 7. The SMILES string of the molecule is Cc1ccc(C)c(-n2c(SCC(=O)Nc3ccc(S(=O)(=O)N4CCOCC4)cc3)nnc2-c2cccc(Cl)c2)c1. The molecule has 1 fully saturated rings. The molecule has 0 bridgehead atoms. The van der Waals surface area contributed by atoms with Gasteiger partial charge in [-0.1, -0.05) is 47.6 Å². The minimum atomic E-state index is -3.60. The van der Waals surface area contributed by atoms with Gasteiger partial charge >= 0.3 is 0 Å². The van der Waals surface area contributed by atoms with Crippen LogP contribution < -0.4 is 5.32 Å². The number of rotatable bonds is 8. The van der Waals surface area contributed by atoms with Crippen molar-refractivity contribution in [1.82, 2.24) is 19.1 Å². The number of thioether (sulfide) groups is 1. The van der Waals surface area contributed by atoms with Gasteiger partial charge in [0.05, 0.1) is 29.5 Å². The van der Waals surface area contributed by atoms with Crippen LogP contribution in [-0.4, -0.2) is 65.5 Å².